The number of hydrogen-bond acceptors (Lipinski definition) is 4. The first-order valence-corrected chi connectivity index (χ1v) is 6.68. The van der Waals surface area contributed by atoms with E-state index >= 15 is 0 Å². The molecule has 1 aliphatic rings. The number of carbonyl (C=O) groups is 2. The molecule has 0 spiro atoms. The lowest BCUT2D eigenvalue weighted by Crippen LogP contribution is -2.57. The second-order valence-corrected chi connectivity index (χ2v) is 5.34. The lowest BCUT2D eigenvalue weighted by molar-refractivity contribution is -0.160. The first-order valence-electron chi connectivity index (χ1n) is 6.68. The molecule has 6 heteroatoms. The van der Waals surface area contributed by atoms with Gasteiger partial charge in [-0.25, -0.2) is 4.79 Å². The number of carboxylic acids is 1. The molecule has 3 N–H and O–H groups in total. The van der Waals surface area contributed by atoms with Crippen LogP contribution in [0.25, 0.3) is 0 Å². The van der Waals surface area contributed by atoms with Crippen LogP contribution in [0.2, 0.25) is 0 Å². The maximum Gasteiger partial charge on any atom is 0.329 e. The first kappa shape index (κ1) is 14.3. The Kier molecular flexibility index (Phi) is 3.92. The number of carbonyl (C=O) groups excluding carboxylic acids is 1. The van der Waals surface area contributed by atoms with E-state index in [1.54, 1.807) is 19.1 Å². The van der Waals surface area contributed by atoms with E-state index in [-0.39, 0.29) is 12.3 Å². The van der Waals surface area contributed by atoms with E-state index in [2.05, 4.69) is 4.98 Å². The van der Waals surface area contributed by atoms with Crippen molar-refractivity contribution in [1.29, 1.82) is 0 Å². The van der Waals surface area contributed by atoms with E-state index in [1.165, 1.54) is 11.1 Å². The van der Waals surface area contributed by atoms with Crippen molar-refractivity contribution in [2.45, 2.75) is 38.1 Å². The quantitative estimate of drug-likeness (QED) is 0.861. The van der Waals surface area contributed by atoms with E-state index in [4.69, 9.17) is 5.73 Å². The highest BCUT2D eigenvalue weighted by Crippen LogP contribution is 2.28. The van der Waals surface area contributed by atoms with Crippen LogP contribution in [0.4, 0.5) is 5.69 Å². The smallest absolute Gasteiger partial charge is 0.329 e. The summed E-state index contributed by atoms with van der Waals surface area (Å²) in [5, 5.41) is 9.39. The van der Waals surface area contributed by atoms with Gasteiger partial charge in [0.15, 0.2) is 0 Å². The third kappa shape index (κ3) is 2.74. The first-order chi connectivity index (χ1) is 9.43. The Morgan fingerprint density at radius 3 is 2.80 bits per heavy atom. The highest BCUT2D eigenvalue weighted by molar-refractivity contribution is 5.87. The third-order valence-electron chi connectivity index (χ3n) is 3.83. The van der Waals surface area contributed by atoms with Gasteiger partial charge in [0.2, 0.25) is 5.91 Å². The largest absolute Gasteiger partial charge is 0.480 e. The number of nitrogen functional groups attached to an aromatic ring is 1. The summed E-state index contributed by atoms with van der Waals surface area (Å²) in [6.07, 6.45) is 3.75. The molecule has 1 unspecified atom stereocenters. The monoisotopic (exact) mass is 277 g/mol. The number of anilines is 1. The van der Waals surface area contributed by atoms with Crippen molar-refractivity contribution in [3.63, 3.8) is 0 Å². The van der Waals surface area contributed by atoms with Crippen LogP contribution in [-0.4, -0.2) is 39.0 Å². The van der Waals surface area contributed by atoms with Crippen LogP contribution in [0.1, 0.15) is 31.9 Å². The van der Waals surface area contributed by atoms with Crippen LogP contribution >= 0.6 is 0 Å². The summed E-state index contributed by atoms with van der Waals surface area (Å²) in [5.74, 6) is -1.15. The van der Waals surface area contributed by atoms with Gasteiger partial charge in [0.05, 0.1) is 18.3 Å². The Morgan fingerprint density at radius 2 is 2.20 bits per heavy atom. The van der Waals surface area contributed by atoms with E-state index in [9.17, 15) is 14.7 Å². The lowest BCUT2D eigenvalue weighted by Gasteiger charge is -2.41. The molecule has 1 saturated heterocycles. The molecule has 0 bridgehead atoms. The Labute approximate surface area is 117 Å². The van der Waals surface area contributed by atoms with Gasteiger partial charge < -0.3 is 15.7 Å². The normalized spacial score (nSPS) is 22.6. The van der Waals surface area contributed by atoms with Crippen LogP contribution < -0.4 is 5.73 Å². The summed E-state index contributed by atoms with van der Waals surface area (Å²) < 4.78 is 0. The van der Waals surface area contributed by atoms with E-state index in [0.717, 1.165) is 12.8 Å². The van der Waals surface area contributed by atoms with Crippen LogP contribution in [0.3, 0.4) is 0 Å². The summed E-state index contributed by atoms with van der Waals surface area (Å²) in [6, 6.07) is 3.37. The van der Waals surface area contributed by atoms with E-state index in [1.807, 2.05) is 0 Å². The molecular formula is C14H19N3O3. The van der Waals surface area contributed by atoms with E-state index < -0.39 is 11.5 Å². The average Bonchev–Trinajstić information content (AvgIpc) is 2.41. The van der Waals surface area contributed by atoms with Gasteiger partial charge in [-0.05, 0) is 38.3 Å². The molecule has 6 nitrogen and oxygen atoms in total. The minimum Gasteiger partial charge on any atom is -0.480 e. The van der Waals surface area contributed by atoms with Crippen molar-refractivity contribution >= 4 is 17.6 Å². The number of nitrogens with zero attached hydrogens (tertiary/aromatic N) is 2. The summed E-state index contributed by atoms with van der Waals surface area (Å²) >= 11 is 0. The maximum atomic E-state index is 12.4. The van der Waals surface area contributed by atoms with Gasteiger partial charge in [-0.2, -0.15) is 0 Å². The standard InChI is InChI=1S/C14H19N3O3/c1-14(13(19)20)6-2-3-7-17(14)12(18)8-11-5-4-10(15)9-16-11/h4-5,9H,2-3,6-8,15H2,1H3,(H,19,20). The number of aliphatic carboxylic acids is 1. The predicted molar refractivity (Wildman–Crippen MR) is 74.0 cm³/mol. The number of pyridine rings is 1. The molecule has 0 aromatic carbocycles. The van der Waals surface area contributed by atoms with Crippen molar-refractivity contribution in [2.75, 3.05) is 12.3 Å². The molecular weight excluding hydrogens is 258 g/mol. The Hall–Kier alpha value is -2.11. The van der Waals surface area contributed by atoms with Crippen molar-refractivity contribution in [3.8, 4) is 0 Å². The molecule has 2 rings (SSSR count). The van der Waals surface area contributed by atoms with Crippen molar-refractivity contribution < 1.29 is 14.7 Å². The zero-order valence-electron chi connectivity index (χ0n) is 11.5. The molecule has 1 aliphatic heterocycles. The molecule has 1 aromatic heterocycles. The topological polar surface area (TPSA) is 96.5 Å². The second kappa shape index (κ2) is 5.48. The number of rotatable bonds is 3. The molecule has 1 fully saturated rings. The number of aromatic nitrogens is 1. The van der Waals surface area contributed by atoms with Crippen LogP contribution in [0, 0.1) is 0 Å². The number of hydrogen-bond donors (Lipinski definition) is 2. The van der Waals surface area contributed by atoms with Gasteiger partial charge in [0.25, 0.3) is 0 Å². The number of likely N-dealkylation sites (tertiary alicyclic amines) is 1. The Bertz CT molecular complexity index is 515. The van der Waals surface area contributed by atoms with Crippen molar-refractivity contribution in [3.05, 3.63) is 24.0 Å². The fraction of sp³-hybridized carbons (Fsp3) is 0.500. The predicted octanol–water partition coefficient (Wildman–Crippen LogP) is 1.06. The number of piperidine rings is 1. The molecule has 1 atom stereocenters. The second-order valence-electron chi connectivity index (χ2n) is 5.34. The SMILES string of the molecule is CC1(C(=O)O)CCCCN1C(=O)Cc1ccc(N)cn1. The molecule has 1 amide bonds. The zero-order valence-corrected chi connectivity index (χ0v) is 11.5. The van der Waals surface area contributed by atoms with Crippen LogP contribution in [-0.2, 0) is 16.0 Å². The molecule has 20 heavy (non-hydrogen) atoms. The van der Waals surface area contributed by atoms with Crippen molar-refractivity contribution in [1.82, 2.24) is 9.88 Å². The van der Waals surface area contributed by atoms with Gasteiger partial charge in [0.1, 0.15) is 5.54 Å². The summed E-state index contributed by atoms with van der Waals surface area (Å²) in [7, 11) is 0. The highest BCUT2D eigenvalue weighted by atomic mass is 16.4. The Balaban J connectivity index is 2.14. The number of carboxylic acid groups (broad SMARTS) is 1. The van der Waals surface area contributed by atoms with Gasteiger partial charge in [0, 0.05) is 12.2 Å². The van der Waals surface area contributed by atoms with Gasteiger partial charge >= 0.3 is 5.97 Å². The maximum absolute atomic E-state index is 12.4. The highest BCUT2D eigenvalue weighted by Gasteiger charge is 2.43. The van der Waals surface area contributed by atoms with Gasteiger partial charge in [-0.3, -0.25) is 9.78 Å². The number of nitrogens with two attached hydrogens (primary N) is 1. The van der Waals surface area contributed by atoms with E-state index in [0.29, 0.717) is 24.3 Å². The molecule has 0 saturated carbocycles. The summed E-state index contributed by atoms with van der Waals surface area (Å²) in [4.78, 5) is 29.4. The third-order valence-corrected chi connectivity index (χ3v) is 3.83. The van der Waals surface area contributed by atoms with Crippen LogP contribution in [0.15, 0.2) is 18.3 Å². The minimum absolute atomic E-state index is 0.100. The molecule has 1 aromatic rings. The van der Waals surface area contributed by atoms with Gasteiger partial charge in [-0.1, -0.05) is 0 Å². The molecule has 0 aliphatic carbocycles. The van der Waals surface area contributed by atoms with Gasteiger partial charge in [-0.15, -0.1) is 0 Å². The van der Waals surface area contributed by atoms with Crippen LogP contribution in [0.5, 0.6) is 0 Å². The number of amides is 1. The zero-order chi connectivity index (χ0) is 14.8. The summed E-state index contributed by atoms with van der Waals surface area (Å²) in [5.41, 5.74) is 5.58. The lowest BCUT2D eigenvalue weighted by atomic mass is 9.88. The van der Waals surface area contributed by atoms with Crippen molar-refractivity contribution in [2.24, 2.45) is 0 Å². The average molecular weight is 277 g/mol. The summed E-state index contributed by atoms with van der Waals surface area (Å²) in [6.45, 7) is 2.10. The molecule has 2 heterocycles. The molecule has 108 valence electrons. The minimum atomic E-state index is -1.11. The fourth-order valence-electron chi connectivity index (χ4n) is 2.53. The fourth-order valence-corrected chi connectivity index (χ4v) is 2.53. The Morgan fingerprint density at radius 1 is 1.45 bits per heavy atom. The molecule has 0 radical (unpaired) electrons.